The second-order valence-electron chi connectivity index (χ2n) is 4.99. The lowest BCUT2D eigenvalue weighted by atomic mass is 9.92. The summed E-state index contributed by atoms with van der Waals surface area (Å²) in [7, 11) is 0. The summed E-state index contributed by atoms with van der Waals surface area (Å²) in [5.74, 6) is 1.36. The topological polar surface area (TPSA) is 32.7 Å². The first kappa shape index (κ1) is 13.4. The molecule has 2 rings (SSSR count). The summed E-state index contributed by atoms with van der Waals surface area (Å²) in [6.07, 6.45) is 1.84. The van der Waals surface area contributed by atoms with Crippen molar-refractivity contribution in [3.05, 3.63) is 30.3 Å². The average Bonchev–Trinajstić information content (AvgIpc) is 2.42. The lowest BCUT2D eigenvalue weighted by Crippen LogP contribution is -2.44. The van der Waals surface area contributed by atoms with Crippen LogP contribution in [0.2, 0.25) is 0 Å². The smallest absolute Gasteiger partial charge is 0.119 e. The minimum absolute atomic E-state index is 0.110. The van der Waals surface area contributed by atoms with Crippen LogP contribution in [0.15, 0.2) is 30.3 Å². The fourth-order valence-electron chi connectivity index (χ4n) is 2.51. The van der Waals surface area contributed by atoms with E-state index < -0.39 is 0 Å². The monoisotopic (exact) mass is 249 g/mol. The van der Waals surface area contributed by atoms with Crippen LogP contribution in [0.5, 0.6) is 5.75 Å². The Morgan fingerprint density at radius 3 is 2.83 bits per heavy atom. The fourth-order valence-corrected chi connectivity index (χ4v) is 2.51. The van der Waals surface area contributed by atoms with Gasteiger partial charge in [-0.3, -0.25) is 4.90 Å². The maximum absolute atomic E-state index is 9.83. The first-order valence-corrected chi connectivity index (χ1v) is 6.88. The van der Waals surface area contributed by atoms with Gasteiger partial charge in [0.05, 0.1) is 6.10 Å². The zero-order chi connectivity index (χ0) is 12.8. The molecule has 100 valence electrons. The van der Waals surface area contributed by atoms with E-state index in [1.807, 2.05) is 30.3 Å². The highest BCUT2D eigenvalue weighted by molar-refractivity contribution is 5.20. The molecule has 1 saturated heterocycles. The summed E-state index contributed by atoms with van der Waals surface area (Å²) < 4.78 is 5.70. The molecule has 0 spiro atoms. The minimum Gasteiger partial charge on any atom is -0.492 e. The number of piperidine rings is 1. The van der Waals surface area contributed by atoms with Crippen molar-refractivity contribution >= 4 is 0 Å². The van der Waals surface area contributed by atoms with Crippen molar-refractivity contribution in [3.63, 3.8) is 0 Å². The Morgan fingerprint density at radius 1 is 1.33 bits per heavy atom. The van der Waals surface area contributed by atoms with Crippen LogP contribution in [-0.4, -0.2) is 42.4 Å². The standard InChI is InChI=1S/C15H23NO2/c1-2-13-12-16(9-8-15(13)17)10-11-18-14-6-4-3-5-7-14/h3-7,13,15,17H,2,8-12H2,1H3. The molecule has 0 aromatic heterocycles. The Kier molecular flexibility index (Phi) is 5.02. The Morgan fingerprint density at radius 2 is 2.11 bits per heavy atom. The van der Waals surface area contributed by atoms with Gasteiger partial charge in [-0.2, -0.15) is 0 Å². The molecule has 2 unspecified atom stereocenters. The van der Waals surface area contributed by atoms with Gasteiger partial charge in [-0.05, 0) is 30.9 Å². The van der Waals surface area contributed by atoms with Crippen molar-refractivity contribution < 1.29 is 9.84 Å². The van der Waals surface area contributed by atoms with E-state index in [0.717, 1.165) is 44.8 Å². The third-order valence-corrected chi connectivity index (χ3v) is 3.72. The highest BCUT2D eigenvalue weighted by Crippen LogP contribution is 2.19. The van der Waals surface area contributed by atoms with Crippen molar-refractivity contribution in [1.82, 2.24) is 4.90 Å². The maximum Gasteiger partial charge on any atom is 0.119 e. The average molecular weight is 249 g/mol. The molecule has 1 fully saturated rings. The normalized spacial score (nSPS) is 25.0. The van der Waals surface area contributed by atoms with Gasteiger partial charge in [0.25, 0.3) is 0 Å². The number of hydrogen-bond acceptors (Lipinski definition) is 3. The summed E-state index contributed by atoms with van der Waals surface area (Å²) in [6.45, 7) is 5.79. The van der Waals surface area contributed by atoms with E-state index in [9.17, 15) is 5.11 Å². The number of likely N-dealkylation sites (tertiary alicyclic amines) is 1. The summed E-state index contributed by atoms with van der Waals surface area (Å²) in [5.41, 5.74) is 0. The molecule has 1 aromatic rings. The zero-order valence-corrected chi connectivity index (χ0v) is 11.1. The third kappa shape index (κ3) is 3.72. The van der Waals surface area contributed by atoms with Crippen molar-refractivity contribution in [2.45, 2.75) is 25.9 Å². The molecule has 1 N–H and O–H groups in total. The molecule has 2 atom stereocenters. The van der Waals surface area contributed by atoms with Crippen LogP contribution in [0.1, 0.15) is 19.8 Å². The van der Waals surface area contributed by atoms with Crippen LogP contribution in [0, 0.1) is 5.92 Å². The van der Waals surface area contributed by atoms with Crippen LogP contribution in [0.25, 0.3) is 0 Å². The van der Waals surface area contributed by atoms with Gasteiger partial charge >= 0.3 is 0 Å². The number of rotatable bonds is 5. The van der Waals surface area contributed by atoms with Gasteiger partial charge in [0, 0.05) is 19.6 Å². The Bertz CT molecular complexity index is 342. The van der Waals surface area contributed by atoms with Crippen LogP contribution in [0.3, 0.4) is 0 Å². The number of hydrogen-bond donors (Lipinski definition) is 1. The number of ether oxygens (including phenoxy) is 1. The number of nitrogens with zero attached hydrogens (tertiary/aromatic N) is 1. The quantitative estimate of drug-likeness (QED) is 0.868. The molecule has 0 amide bonds. The number of para-hydroxylation sites is 1. The van der Waals surface area contributed by atoms with E-state index in [1.54, 1.807) is 0 Å². The molecule has 1 aliphatic rings. The highest BCUT2D eigenvalue weighted by atomic mass is 16.5. The van der Waals surface area contributed by atoms with Crippen LogP contribution in [-0.2, 0) is 0 Å². The first-order chi connectivity index (χ1) is 8.79. The van der Waals surface area contributed by atoms with Gasteiger partial charge in [0.2, 0.25) is 0 Å². The van der Waals surface area contributed by atoms with E-state index in [0.29, 0.717) is 5.92 Å². The van der Waals surface area contributed by atoms with E-state index in [2.05, 4.69) is 11.8 Å². The lowest BCUT2D eigenvalue weighted by Gasteiger charge is -2.35. The van der Waals surface area contributed by atoms with Gasteiger partial charge in [0.15, 0.2) is 0 Å². The van der Waals surface area contributed by atoms with Crippen molar-refractivity contribution in [1.29, 1.82) is 0 Å². The summed E-state index contributed by atoms with van der Waals surface area (Å²) >= 11 is 0. The molecule has 1 aliphatic heterocycles. The van der Waals surface area contributed by atoms with E-state index >= 15 is 0 Å². The number of aliphatic hydroxyl groups excluding tert-OH is 1. The second kappa shape index (κ2) is 6.76. The largest absolute Gasteiger partial charge is 0.492 e. The molecular formula is C15H23NO2. The van der Waals surface area contributed by atoms with E-state index in [4.69, 9.17) is 4.74 Å². The molecule has 0 bridgehead atoms. The van der Waals surface area contributed by atoms with Crippen molar-refractivity contribution in [3.8, 4) is 5.75 Å². The SMILES string of the molecule is CCC1CN(CCOc2ccccc2)CCC1O. The van der Waals surface area contributed by atoms with Gasteiger partial charge in [-0.15, -0.1) is 0 Å². The Hall–Kier alpha value is -1.06. The van der Waals surface area contributed by atoms with E-state index in [-0.39, 0.29) is 6.10 Å². The molecular weight excluding hydrogens is 226 g/mol. The summed E-state index contributed by atoms with van der Waals surface area (Å²) in [6, 6.07) is 9.92. The zero-order valence-electron chi connectivity index (χ0n) is 11.1. The fraction of sp³-hybridized carbons (Fsp3) is 0.600. The highest BCUT2D eigenvalue weighted by Gasteiger charge is 2.25. The van der Waals surface area contributed by atoms with Crippen LogP contribution in [0.4, 0.5) is 0 Å². The number of benzene rings is 1. The first-order valence-electron chi connectivity index (χ1n) is 6.88. The van der Waals surface area contributed by atoms with Crippen LogP contribution < -0.4 is 4.74 Å². The van der Waals surface area contributed by atoms with Crippen molar-refractivity contribution in [2.75, 3.05) is 26.2 Å². The molecule has 1 heterocycles. The molecule has 3 heteroatoms. The molecule has 1 aromatic carbocycles. The summed E-state index contributed by atoms with van der Waals surface area (Å²) in [5, 5.41) is 9.83. The van der Waals surface area contributed by atoms with E-state index in [1.165, 1.54) is 0 Å². The van der Waals surface area contributed by atoms with Crippen LogP contribution >= 0.6 is 0 Å². The lowest BCUT2D eigenvalue weighted by molar-refractivity contribution is 0.0209. The van der Waals surface area contributed by atoms with Crippen molar-refractivity contribution in [2.24, 2.45) is 5.92 Å². The maximum atomic E-state index is 9.83. The molecule has 0 radical (unpaired) electrons. The summed E-state index contributed by atoms with van der Waals surface area (Å²) in [4.78, 5) is 2.39. The predicted octanol–water partition coefficient (Wildman–Crippen LogP) is 2.16. The van der Waals surface area contributed by atoms with Gasteiger partial charge in [0.1, 0.15) is 12.4 Å². The Balaban J connectivity index is 1.71. The number of aliphatic hydroxyl groups is 1. The molecule has 0 aliphatic carbocycles. The third-order valence-electron chi connectivity index (χ3n) is 3.72. The van der Waals surface area contributed by atoms with Gasteiger partial charge in [-0.25, -0.2) is 0 Å². The predicted molar refractivity (Wildman–Crippen MR) is 72.8 cm³/mol. The Labute approximate surface area is 109 Å². The van der Waals surface area contributed by atoms with Gasteiger partial charge < -0.3 is 9.84 Å². The second-order valence-corrected chi connectivity index (χ2v) is 4.99. The minimum atomic E-state index is -0.110. The molecule has 3 nitrogen and oxygen atoms in total. The molecule has 18 heavy (non-hydrogen) atoms. The molecule has 0 saturated carbocycles. The van der Waals surface area contributed by atoms with Gasteiger partial charge in [-0.1, -0.05) is 25.1 Å².